The molecule has 0 fully saturated rings. The maximum atomic E-state index is 11.7. The molecule has 106 valence electrons. The van der Waals surface area contributed by atoms with Crippen molar-refractivity contribution in [2.75, 3.05) is 19.8 Å². The molecule has 0 radical (unpaired) electrons. The van der Waals surface area contributed by atoms with Crippen molar-refractivity contribution < 1.29 is 31.7 Å². The van der Waals surface area contributed by atoms with E-state index in [4.69, 9.17) is 10.7 Å². The van der Waals surface area contributed by atoms with Crippen molar-refractivity contribution >= 4 is 32.0 Å². The molecule has 0 aliphatic heterocycles. The molecule has 0 aliphatic carbocycles. The van der Waals surface area contributed by atoms with E-state index in [1.807, 2.05) is 0 Å². The van der Waals surface area contributed by atoms with E-state index in [2.05, 4.69) is 13.7 Å². The Hall–Kier alpha value is -0.860. The summed E-state index contributed by atoms with van der Waals surface area (Å²) in [6, 6.07) is 0. The minimum atomic E-state index is -4.30. The Morgan fingerprint density at radius 2 is 1.50 bits per heavy atom. The van der Waals surface area contributed by atoms with Crippen molar-refractivity contribution in [2.45, 2.75) is 20.8 Å². The van der Waals surface area contributed by atoms with E-state index >= 15 is 0 Å². The molecule has 0 rings (SSSR count). The fourth-order valence-corrected chi connectivity index (χ4v) is 1.48. The standard InChI is InChI=1S/C9H15ClO7S/c1-4-15-7(11)9(3,8(12)16-5-2)6-17-18(10,13)14/h4-6H2,1-3H3. The molecular weight excluding hydrogens is 288 g/mol. The maximum absolute atomic E-state index is 11.7. The van der Waals surface area contributed by atoms with Crippen LogP contribution in [0.3, 0.4) is 0 Å². The van der Waals surface area contributed by atoms with Crippen LogP contribution in [-0.4, -0.2) is 40.2 Å². The van der Waals surface area contributed by atoms with E-state index in [0.717, 1.165) is 6.92 Å². The van der Waals surface area contributed by atoms with E-state index in [1.165, 1.54) is 0 Å². The number of rotatable bonds is 7. The highest BCUT2D eigenvalue weighted by atomic mass is 35.7. The molecular formula is C9H15ClO7S. The van der Waals surface area contributed by atoms with Crippen LogP contribution < -0.4 is 0 Å². The third kappa shape index (κ3) is 5.19. The molecule has 0 saturated carbocycles. The van der Waals surface area contributed by atoms with Crippen molar-refractivity contribution in [1.29, 1.82) is 0 Å². The summed E-state index contributed by atoms with van der Waals surface area (Å²) >= 11 is 0. The van der Waals surface area contributed by atoms with Crippen molar-refractivity contribution in [2.24, 2.45) is 5.41 Å². The largest absolute Gasteiger partial charge is 0.465 e. The molecule has 0 aliphatic rings. The molecule has 0 amide bonds. The first-order valence-electron chi connectivity index (χ1n) is 5.10. The van der Waals surface area contributed by atoms with Crippen LogP contribution in [0.1, 0.15) is 20.8 Å². The van der Waals surface area contributed by atoms with Crippen molar-refractivity contribution in [3.63, 3.8) is 0 Å². The van der Waals surface area contributed by atoms with Crippen LogP contribution in [0.5, 0.6) is 0 Å². The van der Waals surface area contributed by atoms with Gasteiger partial charge in [-0.1, -0.05) is 0 Å². The van der Waals surface area contributed by atoms with Crippen molar-refractivity contribution in [3.8, 4) is 0 Å². The van der Waals surface area contributed by atoms with Crippen LogP contribution in [0.2, 0.25) is 0 Å². The van der Waals surface area contributed by atoms with Gasteiger partial charge in [-0.05, 0) is 20.8 Å². The lowest BCUT2D eigenvalue weighted by molar-refractivity contribution is -0.172. The molecule has 0 bridgehead atoms. The molecule has 0 N–H and O–H groups in total. The van der Waals surface area contributed by atoms with Gasteiger partial charge in [-0.2, -0.15) is 8.42 Å². The zero-order valence-corrected chi connectivity index (χ0v) is 11.8. The first kappa shape index (κ1) is 17.1. The van der Waals surface area contributed by atoms with Gasteiger partial charge in [0.25, 0.3) is 0 Å². The second-order valence-corrected chi connectivity index (χ2v) is 5.58. The Labute approximate surface area is 110 Å². The van der Waals surface area contributed by atoms with Gasteiger partial charge in [-0.25, -0.2) is 0 Å². The van der Waals surface area contributed by atoms with Gasteiger partial charge >= 0.3 is 21.3 Å². The summed E-state index contributed by atoms with van der Waals surface area (Å²) in [5.74, 6) is -1.88. The van der Waals surface area contributed by atoms with Crippen molar-refractivity contribution in [1.82, 2.24) is 0 Å². The third-order valence-electron chi connectivity index (χ3n) is 1.94. The number of hydrogen-bond donors (Lipinski definition) is 0. The summed E-state index contributed by atoms with van der Waals surface area (Å²) in [5, 5.41) is 0. The topological polar surface area (TPSA) is 96.0 Å². The summed E-state index contributed by atoms with van der Waals surface area (Å²) in [4.78, 5) is 23.3. The van der Waals surface area contributed by atoms with Crippen LogP contribution in [0, 0.1) is 5.41 Å². The smallest absolute Gasteiger partial charge is 0.355 e. The van der Waals surface area contributed by atoms with Gasteiger partial charge < -0.3 is 9.47 Å². The van der Waals surface area contributed by atoms with Gasteiger partial charge in [0.05, 0.1) is 19.8 Å². The average molecular weight is 303 g/mol. The van der Waals surface area contributed by atoms with Gasteiger partial charge in [0.2, 0.25) is 0 Å². The van der Waals surface area contributed by atoms with E-state index in [0.29, 0.717) is 0 Å². The van der Waals surface area contributed by atoms with Gasteiger partial charge in [-0.3, -0.25) is 13.8 Å². The Balaban J connectivity index is 5.02. The summed E-state index contributed by atoms with van der Waals surface area (Å²) < 4.78 is 35.0. The normalized spacial score (nSPS) is 12.0. The number of ether oxygens (including phenoxy) is 2. The lowest BCUT2D eigenvalue weighted by atomic mass is 9.92. The zero-order chi connectivity index (χ0) is 14.4. The Kier molecular flexibility index (Phi) is 6.58. The molecule has 9 heteroatoms. The van der Waals surface area contributed by atoms with E-state index in [1.54, 1.807) is 13.8 Å². The molecule has 0 saturated heterocycles. The van der Waals surface area contributed by atoms with Gasteiger partial charge in [0.1, 0.15) is 0 Å². The van der Waals surface area contributed by atoms with Crippen LogP contribution >= 0.6 is 10.7 Å². The Morgan fingerprint density at radius 1 is 1.11 bits per heavy atom. The number of esters is 2. The molecule has 18 heavy (non-hydrogen) atoms. The molecule has 0 atom stereocenters. The lowest BCUT2D eigenvalue weighted by Gasteiger charge is -2.23. The fraction of sp³-hybridized carbons (Fsp3) is 0.778. The predicted molar refractivity (Wildman–Crippen MR) is 62.1 cm³/mol. The highest BCUT2D eigenvalue weighted by Crippen LogP contribution is 2.23. The zero-order valence-electron chi connectivity index (χ0n) is 10.3. The summed E-state index contributed by atoms with van der Waals surface area (Å²) in [5.41, 5.74) is -1.88. The minimum absolute atomic E-state index is 0.0292. The fourth-order valence-electron chi connectivity index (χ4n) is 0.970. The number of carbonyl (C=O) groups is 2. The first-order chi connectivity index (χ1) is 8.17. The van der Waals surface area contributed by atoms with Crippen LogP contribution in [-0.2, 0) is 32.6 Å². The van der Waals surface area contributed by atoms with E-state index < -0.39 is 33.3 Å². The summed E-state index contributed by atoms with van der Waals surface area (Å²) in [6.45, 7) is 3.52. The third-order valence-corrected chi connectivity index (χ3v) is 2.61. The monoisotopic (exact) mass is 302 g/mol. The molecule has 0 heterocycles. The van der Waals surface area contributed by atoms with Gasteiger partial charge in [0, 0.05) is 10.7 Å². The van der Waals surface area contributed by atoms with Crippen molar-refractivity contribution in [3.05, 3.63) is 0 Å². The Morgan fingerprint density at radius 3 is 1.78 bits per heavy atom. The minimum Gasteiger partial charge on any atom is -0.465 e. The molecule has 0 aromatic rings. The molecule has 0 aromatic carbocycles. The van der Waals surface area contributed by atoms with E-state index in [-0.39, 0.29) is 13.2 Å². The second-order valence-electron chi connectivity index (χ2n) is 3.43. The number of hydrogen-bond acceptors (Lipinski definition) is 7. The van der Waals surface area contributed by atoms with Crippen LogP contribution in [0.15, 0.2) is 0 Å². The maximum Gasteiger partial charge on any atom is 0.355 e. The molecule has 0 spiro atoms. The average Bonchev–Trinajstić information content (AvgIpc) is 2.25. The summed E-state index contributed by atoms with van der Waals surface area (Å²) in [7, 11) is 0.551. The highest BCUT2D eigenvalue weighted by molar-refractivity contribution is 8.09. The second kappa shape index (κ2) is 6.91. The highest BCUT2D eigenvalue weighted by Gasteiger charge is 2.45. The lowest BCUT2D eigenvalue weighted by Crippen LogP contribution is -2.43. The number of carbonyl (C=O) groups excluding carboxylic acids is 2. The molecule has 7 nitrogen and oxygen atoms in total. The van der Waals surface area contributed by atoms with Crippen LogP contribution in [0.25, 0.3) is 0 Å². The quantitative estimate of drug-likeness (QED) is 0.386. The molecule has 0 unspecified atom stereocenters. The van der Waals surface area contributed by atoms with E-state index in [9.17, 15) is 18.0 Å². The summed E-state index contributed by atoms with van der Waals surface area (Å²) in [6.07, 6.45) is 0. The first-order valence-corrected chi connectivity index (χ1v) is 7.34. The van der Waals surface area contributed by atoms with Gasteiger partial charge in [0.15, 0.2) is 5.41 Å². The predicted octanol–water partition coefficient (Wildman–Crippen LogP) is 0.619. The molecule has 0 aromatic heterocycles. The van der Waals surface area contributed by atoms with Gasteiger partial charge in [-0.15, -0.1) is 0 Å². The Bertz CT molecular complexity index is 385. The number of halogens is 1. The van der Waals surface area contributed by atoms with Crippen LogP contribution in [0.4, 0.5) is 0 Å². The SMILES string of the molecule is CCOC(=O)C(C)(COS(=O)(=O)Cl)C(=O)OCC.